The highest BCUT2D eigenvalue weighted by atomic mass is 79.9. The maximum Gasteiger partial charge on any atom is 0.0462 e. The standard InChI is InChI=1S/C15H23BrClN/c1-3-5-6-12(4-2)10-18-11-13-7-8-14(16)9-15(13)17/h7-9,12,18H,3-6,10-11H2,1-2H3. The SMILES string of the molecule is CCCCC(CC)CNCc1ccc(Br)cc1Cl. The lowest BCUT2D eigenvalue weighted by molar-refractivity contribution is 0.419. The Morgan fingerprint density at radius 1 is 1.33 bits per heavy atom. The third-order valence-electron chi connectivity index (χ3n) is 3.31. The fourth-order valence-corrected chi connectivity index (χ4v) is 2.76. The Kier molecular flexibility index (Phi) is 7.96. The molecule has 1 unspecified atom stereocenters. The second-order valence-electron chi connectivity index (χ2n) is 4.78. The van der Waals surface area contributed by atoms with Crippen molar-refractivity contribution in [2.75, 3.05) is 6.54 Å². The van der Waals surface area contributed by atoms with Crippen LogP contribution in [0.25, 0.3) is 0 Å². The first-order valence-electron chi connectivity index (χ1n) is 6.82. The quantitative estimate of drug-likeness (QED) is 0.671. The first kappa shape index (κ1) is 16.0. The van der Waals surface area contributed by atoms with Crippen LogP contribution in [-0.2, 0) is 6.54 Å². The van der Waals surface area contributed by atoms with Crippen molar-refractivity contribution < 1.29 is 0 Å². The van der Waals surface area contributed by atoms with Crippen LogP contribution >= 0.6 is 27.5 Å². The summed E-state index contributed by atoms with van der Waals surface area (Å²) in [6, 6.07) is 6.07. The Hall–Kier alpha value is -0.0500. The molecule has 0 saturated heterocycles. The molecule has 1 nitrogen and oxygen atoms in total. The van der Waals surface area contributed by atoms with E-state index in [9.17, 15) is 0 Å². The summed E-state index contributed by atoms with van der Waals surface area (Å²) in [6.07, 6.45) is 5.20. The van der Waals surface area contributed by atoms with Crippen LogP contribution in [0.1, 0.15) is 45.1 Å². The van der Waals surface area contributed by atoms with Gasteiger partial charge in [-0.25, -0.2) is 0 Å². The van der Waals surface area contributed by atoms with Crippen molar-refractivity contribution >= 4 is 27.5 Å². The molecule has 1 rings (SSSR count). The molecule has 1 aromatic carbocycles. The number of nitrogens with one attached hydrogen (secondary N) is 1. The Morgan fingerprint density at radius 2 is 2.11 bits per heavy atom. The molecule has 0 aromatic heterocycles. The zero-order valence-electron chi connectivity index (χ0n) is 11.3. The van der Waals surface area contributed by atoms with E-state index >= 15 is 0 Å². The van der Waals surface area contributed by atoms with Crippen LogP contribution < -0.4 is 5.32 Å². The molecule has 0 saturated carbocycles. The second-order valence-corrected chi connectivity index (χ2v) is 6.11. The van der Waals surface area contributed by atoms with E-state index in [1.165, 1.54) is 31.2 Å². The van der Waals surface area contributed by atoms with E-state index in [0.717, 1.165) is 28.5 Å². The van der Waals surface area contributed by atoms with Gasteiger partial charge in [0.1, 0.15) is 0 Å². The second kappa shape index (κ2) is 8.95. The van der Waals surface area contributed by atoms with Crippen LogP contribution in [0.4, 0.5) is 0 Å². The van der Waals surface area contributed by atoms with Crippen molar-refractivity contribution in [3.63, 3.8) is 0 Å². The van der Waals surface area contributed by atoms with E-state index in [1.54, 1.807) is 0 Å². The molecule has 1 N–H and O–H groups in total. The van der Waals surface area contributed by atoms with Crippen LogP contribution in [-0.4, -0.2) is 6.54 Å². The molecule has 18 heavy (non-hydrogen) atoms. The maximum absolute atomic E-state index is 6.19. The molecule has 0 aliphatic carbocycles. The molecular formula is C15H23BrClN. The highest BCUT2D eigenvalue weighted by Crippen LogP contribution is 2.21. The van der Waals surface area contributed by atoms with E-state index in [2.05, 4.69) is 41.2 Å². The smallest absolute Gasteiger partial charge is 0.0462 e. The molecular weight excluding hydrogens is 310 g/mol. The van der Waals surface area contributed by atoms with Crippen molar-refractivity contribution in [1.29, 1.82) is 0 Å². The topological polar surface area (TPSA) is 12.0 Å². The van der Waals surface area contributed by atoms with Crippen LogP contribution in [0.3, 0.4) is 0 Å². The van der Waals surface area contributed by atoms with E-state index in [-0.39, 0.29) is 0 Å². The van der Waals surface area contributed by atoms with Gasteiger partial charge >= 0.3 is 0 Å². The van der Waals surface area contributed by atoms with Gasteiger partial charge in [0.15, 0.2) is 0 Å². The van der Waals surface area contributed by atoms with Gasteiger partial charge in [-0.3, -0.25) is 0 Å². The van der Waals surface area contributed by atoms with Gasteiger partial charge in [-0.15, -0.1) is 0 Å². The summed E-state index contributed by atoms with van der Waals surface area (Å²) in [4.78, 5) is 0. The van der Waals surface area contributed by atoms with Crippen molar-refractivity contribution in [2.45, 2.75) is 46.1 Å². The summed E-state index contributed by atoms with van der Waals surface area (Å²) in [5.41, 5.74) is 1.17. The third kappa shape index (κ3) is 5.73. The summed E-state index contributed by atoms with van der Waals surface area (Å²) in [7, 11) is 0. The van der Waals surface area contributed by atoms with Crippen molar-refractivity contribution in [2.24, 2.45) is 5.92 Å². The fraction of sp³-hybridized carbons (Fsp3) is 0.600. The van der Waals surface area contributed by atoms with Gasteiger partial charge in [0.25, 0.3) is 0 Å². The predicted octanol–water partition coefficient (Wildman–Crippen LogP) is 5.41. The van der Waals surface area contributed by atoms with E-state index in [0.29, 0.717) is 0 Å². The Labute approximate surface area is 124 Å². The summed E-state index contributed by atoms with van der Waals surface area (Å²) < 4.78 is 1.03. The van der Waals surface area contributed by atoms with Crippen molar-refractivity contribution in [3.8, 4) is 0 Å². The zero-order valence-corrected chi connectivity index (χ0v) is 13.6. The number of unbranched alkanes of at least 4 members (excludes halogenated alkanes) is 1. The molecule has 0 heterocycles. The van der Waals surface area contributed by atoms with Gasteiger partial charge in [-0.05, 0) is 36.6 Å². The lowest BCUT2D eigenvalue weighted by atomic mass is 9.99. The molecule has 0 radical (unpaired) electrons. The molecule has 102 valence electrons. The Bertz CT molecular complexity index is 354. The van der Waals surface area contributed by atoms with Crippen LogP contribution in [0.15, 0.2) is 22.7 Å². The molecule has 0 aliphatic rings. The average molecular weight is 333 g/mol. The highest BCUT2D eigenvalue weighted by molar-refractivity contribution is 9.10. The molecule has 1 aromatic rings. The summed E-state index contributed by atoms with van der Waals surface area (Å²) >= 11 is 9.61. The lowest BCUT2D eigenvalue weighted by Crippen LogP contribution is -2.22. The number of benzene rings is 1. The van der Waals surface area contributed by atoms with Crippen LogP contribution in [0.5, 0.6) is 0 Å². The van der Waals surface area contributed by atoms with Crippen LogP contribution in [0, 0.1) is 5.92 Å². The van der Waals surface area contributed by atoms with Crippen molar-refractivity contribution in [3.05, 3.63) is 33.3 Å². The molecule has 0 aliphatic heterocycles. The number of hydrogen-bond acceptors (Lipinski definition) is 1. The first-order valence-corrected chi connectivity index (χ1v) is 7.99. The third-order valence-corrected chi connectivity index (χ3v) is 4.15. The van der Waals surface area contributed by atoms with Crippen LogP contribution in [0.2, 0.25) is 5.02 Å². The van der Waals surface area contributed by atoms with Gasteiger partial charge in [-0.1, -0.05) is 66.7 Å². The monoisotopic (exact) mass is 331 g/mol. The minimum Gasteiger partial charge on any atom is -0.312 e. The van der Waals surface area contributed by atoms with Gasteiger partial charge in [0, 0.05) is 16.0 Å². The van der Waals surface area contributed by atoms with Gasteiger partial charge in [-0.2, -0.15) is 0 Å². The molecule has 3 heteroatoms. The Morgan fingerprint density at radius 3 is 2.72 bits per heavy atom. The molecule has 1 atom stereocenters. The van der Waals surface area contributed by atoms with E-state index in [4.69, 9.17) is 11.6 Å². The molecule has 0 amide bonds. The van der Waals surface area contributed by atoms with E-state index in [1.807, 2.05) is 12.1 Å². The first-order chi connectivity index (χ1) is 8.67. The normalized spacial score (nSPS) is 12.7. The largest absolute Gasteiger partial charge is 0.312 e. The lowest BCUT2D eigenvalue weighted by Gasteiger charge is -2.15. The summed E-state index contributed by atoms with van der Waals surface area (Å²) in [5.74, 6) is 0.791. The summed E-state index contributed by atoms with van der Waals surface area (Å²) in [6.45, 7) is 6.47. The minimum atomic E-state index is 0.791. The van der Waals surface area contributed by atoms with Gasteiger partial charge < -0.3 is 5.32 Å². The van der Waals surface area contributed by atoms with Crippen molar-refractivity contribution in [1.82, 2.24) is 5.32 Å². The molecule has 0 spiro atoms. The number of halogens is 2. The minimum absolute atomic E-state index is 0.791. The Balaban J connectivity index is 2.35. The average Bonchev–Trinajstić information content (AvgIpc) is 2.36. The molecule has 0 fully saturated rings. The molecule has 0 bridgehead atoms. The zero-order chi connectivity index (χ0) is 13.4. The number of hydrogen-bond donors (Lipinski definition) is 1. The summed E-state index contributed by atoms with van der Waals surface area (Å²) in [5, 5.41) is 4.35. The van der Waals surface area contributed by atoms with Gasteiger partial charge in [0.05, 0.1) is 0 Å². The van der Waals surface area contributed by atoms with Gasteiger partial charge in [0.2, 0.25) is 0 Å². The number of rotatable bonds is 8. The predicted molar refractivity (Wildman–Crippen MR) is 84.2 cm³/mol. The highest BCUT2D eigenvalue weighted by Gasteiger charge is 2.06. The fourth-order valence-electron chi connectivity index (χ4n) is 2.02. The maximum atomic E-state index is 6.19. The van der Waals surface area contributed by atoms with E-state index < -0.39 is 0 Å².